The first-order valence-electron chi connectivity index (χ1n) is 11.5. The van der Waals surface area contributed by atoms with Crippen molar-refractivity contribution in [2.24, 2.45) is 5.41 Å². The molecule has 174 valence electrons. The van der Waals surface area contributed by atoms with Crippen LogP contribution in [0.25, 0.3) is 0 Å². The molecule has 1 aromatic carbocycles. The molecular weight excluding hydrogens is 414 g/mol. The summed E-state index contributed by atoms with van der Waals surface area (Å²) in [4.78, 5) is 17.4. The standard InChI is InChI=1S/C23H37N3O4S/c1-4-12-24(13-5-2)18-22(27)25-14-9-23(19-25)10-15-26(16-11-23)31(28,29)21-8-6-7-20(17-21)30-3/h6-8,17H,4-5,9-16,18-19H2,1-3H3. The summed E-state index contributed by atoms with van der Waals surface area (Å²) in [5, 5.41) is 0. The number of amides is 1. The molecule has 1 spiro atoms. The number of rotatable bonds is 9. The molecule has 2 fully saturated rings. The average molecular weight is 452 g/mol. The van der Waals surface area contributed by atoms with E-state index in [0.717, 1.165) is 58.3 Å². The fourth-order valence-corrected chi connectivity index (χ4v) is 6.34. The Bertz CT molecular complexity index is 844. The van der Waals surface area contributed by atoms with Crippen molar-refractivity contribution in [2.45, 2.75) is 50.8 Å². The molecule has 2 heterocycles. The Hall–Kier alpha value is -1.64. The number of hydrogen-bond donors (Lipinski definition) is 0. The fraction of sp³-hybridized carbons (Fsp3) is 0.696. The van der Waals surface area contributed by atoms with E-state index in [0.29, 0.717) is 25.4 Å². The van der Waals surface area contributed by atoms with E-state index in [1.54, 1.807) is 28.6 Å². The Kier molecular flexibility index (Phi) is 7.99. The van der Waals surface area contributed by atoms with Gasteiger partial charge in [0, 0.05) is 32.2 Å². The normalized spacial score (nSPS) is 19.3. The Morgan fingerprint density at radius 2 is 1.74 bits per heavy atom. The summed E-state index contributed by atoms with van der Waals surface area (Å²) in [5.41, 5.74) is 0.0520. The number of hydrogen-bond acceptors (Lipinski definition) is 5. The third-order valence-electron chi connectivity index (χ3n) is 6.69. The molecule has 2 aliphatic heterocycles. The van der Waals surface area contributed by atoms with Crippen LogP contribution in [0.1, 0.15) is 46.0 Å². The van der Waals surface area contributed by atoms with Crippen molar-refractivity contribution in [1.82, 2.24) is 14.1 Å². The van der Waals surface area contributed by atoms with Crippen LogP contribution in [0.15, 0.2) is 29.2 Å². The Labute approximate surface area is 187 Å². The number of carbonyl (C=O) groups excluding carboxylic acids is 1. The molecule has 1 aromatic rings. The van der Waals surface area contributed by atoms with Gasteiger partial charge in [-0.2, -0.15) is 4.31 Å². The summed E-state index contributed by atoms with van der Waals surface area (Å²) in [5.74, 6) is 0.755. The van der Waals surface area contributed by atoms with Crippen molar-refractivity contribution in [3.63, 3.8) is 0 Å². The molecular formula is C23H37N3O4S. The van der Waals surface area contributed by atoms with Gasteiger partial charge in [-0.15, -0.1) is 0 Å². The molecule has 3 rings (SSSR count). The van der Waals surface area contributed by atoms with Gasteiger partial charge >= 0.3 is 0 Å². The molecule has 31 heavy (non-hydrogen) atoms. The highest BCUT2D eigenvalue weighted by atomic mass is 32.2. The average Bonchev–Trinajstić information content (AvgIpc) is 3.18. The molecule has 0 bridgehead atoms. The van der Waals surface area contributed by atoms with Crippen LogP contribution in [0.4, 0.5) is 0 Å². The number of nitrogens with zero attached hydrogens (tertiary/aromatic N) is 3. The molecule has 0 radical (unpaired) electrons. The van der Waals surface area contributed by atoms with Crippen molar-refractivity contribution >= 4 is 15.9 Å². The Morgan fingerprint density at radius 1 is 1.10 bits per heavy atom. The lowest BCUT2D eigenvalue weighted by atomic mass is 9.78. The highest BCUT2D eigenvalue weighted by Crippen LogP contribution is 2.41. The monoisotopic (exact) mass is 451 g/mol. The molecule has 1 amide bonds. The van der Waals surface area contributed by atoms with E-state index < -0.39 is 10.0 Å². The number of likely N-dealkylation sites (tertiary alicyclic amines) is 1. The van der Waals surface area contributed by atoms with Crippen LogP contribution in [-0.2, 0) is 14.8 Å². The number of methoxy groups -OCH3 is 1. The van der Waals surface area contributed by atoms with Gasteiger partial charge in [0.25, 0.3) is 0 Å². The summed E-state index contributed by atoms with van der Waals surface area (Å²) in [6, 6.07) is 6.65. The van der Waals surface area contributed by atoms with Gasteiger partial charge in [-0.3, -0.25) is 9.69 Å². The van der Waals surface area contributed by atoms with Gasteiger partial charge in [-0.1, -0.05) is 19.9 Å². The van der Waals surface area contributed by atoms with Crippen LogP contribution in [0.2, 0.25) is 0 Å². The number of carbonyl (C=O) groups is 1. The molecule has 2 saturated heterocycles. The first kappa shape index (κ1) is 24.0. The minimum Gasteiger partial charge on any atom is -0.497 e. The fourth-order valence-electron chi connectivity index (χ4n) is 4.86. The van der Waals surface area contributed by atoms with Crippen molar-refractivity contribution < 1.29 is 17.9 Å². The van der Waals surface area contributed by atoms with Crippen LogP contribution in [0, 0.1) is 5.41 Å². The number of sulfonamides is 1. The van der Waals surface area contributed by atoms with Gasteiger partial charge in [-0.25, -0.2) is 8.42 Å². The maximum atomic E-state index is 13.1. The van der Waals surface area contributed by atoms with Crippen LogP contribution in [0.3, 0.4) is 0 Å². The Morgan fingerprint density at radius 3 is 2.35 bits per heavy atom. The zero-order chi connectivity index (χ0) is 22.5. The van der Waals surface area contributed by atoms with Gasteiger partial charge in [0.15, 0.2) is 0 Å². The van der Waals surface area contributed by atoms with E-state index in [-0.39, 0.29) is 16.2 Å². The maximum absolute atomic E-state index is 13.1. The molecule has 8 heteroatoms. The molecule has 0 atom stereocenters. The van der Waals surface area contributed by atoms with Crippen molar-refractivity contribution in [3.8, 4) is 5.75 Å². The smallest absolute Gasteiger partial charge is 0.243 e. The van der Waals surface area contributed by atoms with E-state index in [1.165, 1.54) is 7.11 Å². The zero-order valence-corrected chi connectivity index (χ0v) is 20.0. The van der Waals surface area contributed by atoms with Gasteiger partial charge in [0.1, 0.15) is 5.75 Å². The zero-order valence-electron chi connectivity index (χ0n) is 19.2. The SMILES string of the molecule is CCCN(CCC)CC(=O)N1CCC2(CCN(S(=O)(=O)c3cccc(OC)c3)CC2)C1. The third-order valence-corrected chi connectivity index (χ3v) is 8.59. The number of ether oxygens (including phenoxy) is 1. The van der Waals surface area contributed by atoms with Crippen LogP contribution in [-0.4, -0.2) is 81.4 Å². The summed E-state index contributed by atoms with van der Waals surface area (Å²) in [7, 11) is -2.00. The van der Waals surface area contributed by atoms with Crippen LogP contribution < -0.4 is 4.74 Å². The van der Waals surface area contributed by atoms with E-state index in [9.17, 15) is 13.2 Å². The van der Waals surface area contributed by atoms with Gasteiger partial charge in [0.2, 0.25) is 15.9 Å². The summed E-state index contributed by atoms with van der Waals surface area (Å²) in [6.45, 7) is 9.23. The Balaban J connectivity index is 1.58. The number of benzene rings is 1. The maximum Gasteiger partial charge on any atom is 0.243 e. The van der Waals surface area contributed by atoms with E-state index in [4.69, 9.17) is 4.74 Å². The van der Waals surface area contributed by atoms with Crippen molar-refractivity contribution in [3.05, 3.63) is 24.3 Å². The highest BCUT2D eigenvalue weighted by Gasteiger charge is 2.44. The lowest BCUT2D eigenvalue weighted by Crippen LogP contribution is -2.45. The second-order valence-corrected chi connectivity index (χ2v) is 10.9. The highest BCUT2D eigenvalue weighted by molar-refractivity contribution is 7.89. The molecule has 0 aliphatic carbocycles. The second-order valence-electron chi connectivity index (χ2n) is 8.92. The van der Waals surface area contributed by atoms with Crippen molar-refractivity contribution in [2.75, 3.05) is 52.9 Å². The lowest BCUT2D eigenvalue weighted by molar-refractivity contribution is -0.132. The van der Waals surface area contributed by atoms with E-state index in [1.807, 2.05) is 4.90 Å². The van der Waals surface area contributed by atoms with E-state index >= 15 is 0 Å². The number of piperidine rings is 1. The molecule has 0 aromatic heterocycles. The lowest BCUT2D eigenvalue weighted by Gasteiger charge is -2.38. The molecule has 2 aliphatic rings. The minimum atomic E-state index is -3.53. The molecule has 0 N–H and O–H groups in total. The molecule has 0 unspecified atom stereocenters. The third kappa shape index (κ3) is 5.59. The molecule has 0 saturated carbocycles. The van der Waals surface area contributed by atoms with Gasteiger partial charge in [-0.05, 0) is 62.7 Å². The predicted molar refractivity (Wildman–Crippen MR) is 122 cm³/mol. The van der Waals surface area contributed by atoms with E-state index in [2.05, 4.69) is 18.7 Å². The quantitative estimate of drug-likeness (QED) is 0.577. The summed E-state index contributed by atoms with van der Waals surface area (Å²) < 4.78 is 32.9. The predicted octanol–water partition coefficient (Wildman–Crippen LogP) is 2.82. The van der Waals surface area contributed by atoms with Gasteiger partial charge < -0.3 is 9.64 Å². The minimum absolute atomic E-state index is 0.0520. The largest absolute Gasteiger partial charge is 0.497 e. The summed E-state index contributed by atoms with van der Waals surface area (Å²) >= 11 is 0. The van der Waals surface area contributed by atoms with Crippen molar-refractivity contribution in [1.29, 1.82) is 0 Å². The first-order valence-corrected chi connectivity index (χ1v) is 12.9. The first-order chi connectivity index (χ1) is 14.8. The van der Waals surface area contributed by atoms with Crippen LogP contribution in [0.5, 0.6) is 5.75 Å². The summed E-state index contributed by atoms with van der Waals surface area (Å²) in [6.07, 6.45) is 4.66. The topological polar surface area (TPSA) is 70.2 Å². The molecule has 7 nitrogen and oxygen atoms in total. The second kappa shape index (κ2) is 10.3. The van der Waals surface area contributed by atoms with Gasteiger partial charge in [0.05, 0.1) is 18.6 Å². The van der Waals surface area contributed by atoms with Crippen LogP contribution >= 0.6 is 0 Å².